The lowest BCUT2D eigenvalue weighted by atomic mass is 10.1. The maximum atomic E-state index is 13.6. The topological polar surface area (TPSA) is 51.8 Å². The van der Waals surface area contributed by atoms with E-state index >= 15 is 0 Å². The predicted octanol–water partition coefficient (Wildman–Crippen LogP) is 2.54. The Morgan fingerprint density at radius 3 is 2.94 bits per heavy atom. The molecule has 90 valence electrons. The van der Waals surface area contributed by atoms with Crippen LogP contribution in [-0.2, 0) is 6.42 Å². The summed E-state index contributed by atoms with van der Waals surface area (Å²) in [5.41, 5.74) is 6.98. The van der Waals surface area contributed by atoms with Gasteiger partial charge >= 0.3 is 0 Å². The van der Waals surface area contributed by atoms with Gasteiger partial charge in [-0.2, -0.15) is 0 Å². The van der Waals surface area contributed by atoms with Gasteiger partial charge in [0.2, 0.25) is 0 Å². The number of nitrogens with zero attached hydrogens (tertiary/aromatic N) is 2. The molecule has 3 nitrogen and oxygen atoms in total. The minimum atomic E-state index is -0.253. The molecule has 2 N–H and O–H groups in total. The van der Waals surface area contributed by atoms with Gasteiger partial charge in [0.25, 0.3) is 0 Å². The first-order valence-corrected chi connectivity index (χ1v) is 6.31. The monoisotopic (exact) mass is 251 g/mol. The van der Waals surface area contributed by atoms with Gasteiger partial charge in [0, 0.05) is 12.0 Å². The summed E-state index contributed by atoms with van der Waals surface area (Å²) < 4.78 is 13.6. The summed E-state index contributed by atoms with van der Waals surface area (Å²) in [6.45, 7) is 2.56. The van der Waals surface area contributed by atoms with Crippen LogP contribution in [0.4, 0.5) is 4.39 Å². The Morgan fingerprint density at radius 2 is 2.18 bits per heavy atom. The molecule has 0 saturated heterocycles. The van der Waals surface area contributed by atoms with Crippen molar-refractivity contribution in [2.75, 3.05) is 6.54 Å². The molecule has 5 heteroatoms. The molecule has 0 atom stereocenters. The quantitative estimate of drug-likeness (QED) is 0.908. The van der Waals surface area contributed by atoms with Gasteiger partial charge in [-0.1, -0.05) is 23.0 Å². The summed E-state index contributed by atoms with van der Waals surface area (Å²) in [7, 11) is 0. The number of hydrogen-bond donors (Lipinski definition) is 1. The molecule has 0 aliphatic carbocycles. The molecule has 0 aliphatic heterocycles. The van der Waals surface area contributed by atoms with Crippen molar-refractivity contribution in [3.8, 4) is 10.6 Å². The fourth-order valence-electron chi connectivity index (χ4n) is 1.52. The highest BCUT2D eigenvalue weighted by Crippen LogP contribution is 2.27. The minimum Gasteiger partial charge on any atom is -0.330 e. The number of aromatic nitrogens is 2. The van der Waals surface area contributed by atoms with Crippen LogP contribution >= 0.6 is 11.3 Å². The van der Waals surface area contributed by atoms with Gasteiger partial charge in [-0.15, -0.1) is 10.2 Å². The molecule has 0 aliphatic rings. The summed E-state index contributed by atoms with van der Waals surface area (Å²) in [6, 6.07) is 5.00. The van der Waals surface area contributed by atoms with Crippen LogP contribution in [0.5, 0.6) is 0 Å². The molecular formula is C12H14FN3S. The smallest absolute Gasteiger partial charge is 0.150 e. The third-order valence-electron chi connectivity index (χ3n) is 2.41. The van der Waals surface area contributed by atoms with Crippen molar-refractivity contribution in [2.45, 2.75) is 19.8 Å². The Morgan fingerprint density at radius 1 is 1.35 bits per heavy atom. The first-order chi connectivity index (χ1) is 8.20. The number of halogens is 1. The number of nitrogens with two attached hydrogens (primary N) is 1. The van der Waals surface area contributed by atoms with E-state index in [2.05, 4.69) is 10.2 Å². The van der Waals surface area contributed by atoms with E-state index in [9.17, 15) is 4.39 Å². The van der Waals surface area contributed by atoms with Crippen LogP contribution in [0.15, 0.2) is 18.2 Å². The van der Waals surface area contributed by atoms with Gasteiger partial charge < -0.3 is 5.73 Å². The molecule has 2 aromatic rings. The zero-order valence-corrected chi connectivity index (χ0v) is 10.4. The molecule has 1 aromatic heterocycles. The third kappa shape index (κ3) is 2.87. The zero-order valence-electron chi connectivity index (χ0n) is 9.61. The van der Waals surface area contributed by atoms with Crippen molar-refractivity contribution in [1.29, 1.82) is 0 Å². The van der Waals surface area contributed by atoms with Gasteiger partial charge in [-0.05, 0) is 32.0 Å². The van der Waals surface area contributed by atoms with Crippen LogP contribution in [0, 0.1) is 12.7 Å². The zero-order chi connectivity index (χ0) is 12.3. The first-order valence-electron chi connectivity index (χ1n) is 5.49. The van der Waals surface area contributed by atoms with Gasteiger partial charge in [-0.3, -0.25) is 0 Å². The van der Waals surface area contributed by atoms with E-state index in [4.69, 9.17) is 5.73 Å². The second-order valence-corrected chi connectivity index (χ2v) is 4.94. The normalized spacial score (nSPS) is 10.8. The number of benzene rings is 1. The van der Waals surface area contributed by atoms with Crippen molar-refractivity contribution < 1.29 is 4.39 Å². The van der Waals surface area contributed by atoms with Crippen LogP contribution in [0.1, 0.15) is 17.0 Å². The van der Waals surface area contributed by atoms with E-state index in [0.29, 0.717) is 17.1 Å². The molecule has 17 heavy (non-hydrogen) atoms. The first kappa shape index (κ1) is 12.1. The molecule has 1 aromatic carbocycles. The highest BCUT2D eigenvalue weighted by atomic mass is 32.1. The molecule has 0 fully saturated rings. The lowest BCUT2D eigenvalue weighted by Gasteiger charge is -1.99. The van der Waals surface area contributed by atoms with Crippen molar-refractivity contribution in [2.24, 2.45) is 5.73 Å². The van der Waals surface area contributed by atoms with Crippen LogP contribution in [0.25, 0.3) is 10.6 Å². The Hall–Kier alpha value is -1.33. The minimum absolute atomic E-state index is 0.253. The SMILES string of the molecule is Cc1ccc(F)c(-c2nnc(CCCN)s2)c1. The number of rotatable bonds is 4. The summed E-state index contributed by atoms with van der Waals surface area (Å²) >= 11 is 1.43. The van der Waals surface area contributed by atoms with E-state index in [1.807, 2.05) is 6.92 Å². The molecule has 2 rings (SSSR count). The average molecular weight is 251 g/mol. The average Bonchev–Trinajstić information content (AvgIpc) is 2.78. The van der Waals surface area contributed by atoms with Crippen LogP contribution in [0.2, 0.25) is 0 Å². The Labute approximate surface area is 104 Å². The van der Waals surface area contributed by atoms with E-state index in [-0.39, 0.29) is 5.82 Å². The van der Waals surface area contributed by atoms with Crippen molar-refractivity contribution in [3.05, 3.63) is 34.6 Å². The number of hydrogen-bond acceptors (Lipinski definition) is 4. The number of aryl methyl sites for hydroxylation is 2. The van der Waals surface area contributed by atoms with Crippen LogP contribution in [-0.4, -0.2) is 16.7 Å². The van der Waals surface area contributed by atoms with E-state index < -0.39 is 0 Å². The van der Waals surface area contributed by atoms with Gasteiger partial charge in [0.15, 0.2) is 5.01 Å². The van der Waals surface area contributed by atoms with Crippen molar-refractivity contribution in [3.63, 3.8) is 0 Å². The summed E-state index contributed by atoms with van der Waals surface area (Å²) in [5, 5.41) is 9.62. The van der Waals surface area contributed by atoms with E-state index in [1.54, 1.807) is 12.1 Å². The molecule has 1 heterocycles. The lowest BCUT2D eigenvalue weighted by Crippen LogP contribution is -1.99. The largest absolute Gasteiger partial charge is 0.330 e. The van der Waals surface area contributed by atoms with Crippen LogP contribution < -0.4 is 5.73 Å². The van der Waals surface area contributed by atoms with Crippen molar-refractivity contribution >= 4 is 11.3 Å². The summed E-state index contributed by atoms with van der Waals surface area (Å²) in [4.78, 5) is 0. The maximum Gasteiger partial charge on any atom is 0.150 e. The van der Waals surface area contributed by atoms with Crippen LogP contribution in [0.3, 0.4) is 0 Å². The molecule has 0 unspecified atom stereocenters. The molecule has 0 radical (unpaired) electrons. The Kier molecular flexibility index (Phi) is 3.81. The second-order valence-electron chi connectivity index (χ2n) is 3.88. The summed E-state index contributed by atoms with van der Waals surface area (Å²) in [5.74, 6) is -0.253. The molecule has 0 saturated carbocycles. The Balaban J connectivity index is 2.27. The Bertz CT molecular complexity index is 510. The molecule has 0 bridgehead atoms. The third-order valence-corrected chi connectivity index (χ3v) is 3.43. The highest BCUT2D eigenvalue weighted by Gasteiger charge is 2.11. The van der Waals surface area contributed by atoms with Gasteiger partial charge in [0.05, 0.1) is 0 Å². The van der Waals surface area contributed by atoms with Gasteiger partial charge in [0.1, 0.15) is 10.8 Å². The highest BCUT2D eigenvalue weighted by molar-refractivity contribution is 7.14. The second kappa shape index (κ2) is 5.33. The predicted molar refractivity (Wildman–Crippen MR) is 67.4 cm³/mol. The molecule has 0 spiro atoms. The fraction of sp³-hybridized carbons (Fsp3) is 0.333. The maximum absolute atomic E-state index is 13.6. The fourth-order valence-corrected chi connectivity index (χ4v) is 2.42. The standard InChI is InChI=1S/C12H14FN3S/c1-8-4-5-10(13)9(7-8)12-16-15-11(17-12)3-2-6-14/h4-5,7H,2-3,6,14H2,1H3. The van der Waals surface area contributed by atoms with Gasteiger partial charge in [-0.25, -0.2) is 4.39 Å². The van der Waals surface area contributed by atoms with Crippen molar-refractivity contribution in [1.82, 2.24) is 10.2 Å². The van der Waals surface area contributed by atoms with E-state index in [0.717, 1.165) is 23.4 Å². The summed E-state index contributed by atoms with van der Waals surface area (Å²) in [6.07, 6.45) is 1.69. The molecule has 0 amide bonds. The molecular weight excluding hydrogens is 237 g/mol. The lowest BCUT2D eigenvalue weighted by molar-refractivity contribution is 0.630. The van der Waals surface area contributed by atoms with E-state index in [1.165, 1.54) is 17.4 Å².